The molecule has 4 nitrogen and oxygen atoms in total. The third-order valence-corrected chi connectivity index (χ3v) is 8.02. The number of anilines is 1. The summed E-state index contributed by atoms with van der Waals surface area (Å²) >= 11 is 0. The summed E-state index contributed by atoms with van der Waals surface area (Å²) < 4.78 is 0. The Morgan fingerprint density at radius 2 is 1.78 bits per heavy atom. The quantitative estimate of drug-likeness (QED) is 0.666. The summed E-state index contributed by atoms with van der Waals surface area (Å²) in [5, 5.41) is 20.6. The number of nitrogens with zero attached hydrogens (tertiary/aromatic N) is 4. The van der Waals surface area contributed by atoms with E-state index in [4.69, 9.17) is 4.99 Å². The van der Waals surface area contributed by atoms with Gasteiger partial charge in [0.05, 0.1) is 11.0 Å². The smallest absolute Gasteiger partial charge is 0.140 e. The molecule has 1 spiro atoms. The first kappa shape index (κ1) is 19.3. The Morgan fingerprint density at radius 1 is 0.969 bits per heavy atom. The van der Waals surface area contributed by atoms with Crippen LogP contribution in [0, 0.1) is 28.6 Å². The SMILES string of the molecule is N#CC(C#N)=c1ccc2c(c1)N1C3=C(CCCC3)[C@@H](c3ccccc3)[C@H]3CCCC[C@@]31N=2. The maximum atomic E-state index is 9.44. The zero-order valence-corrected chi connectivity index (χ0v) is 18.2. The average molecular weight is 419 g/mol. The molecule has 2 aliphatic carbocycles. The average Bonchev–Trinajstić information content (AvgIpc) is 3.17. The highest BCUT2D eigenvalue weighted by Gasteiger charge is 2.57. The predicted molar refractivity (Wildman–Crippen MR) is 124 cm³/mol. The van der Waals surface area contributed by atoms with Gasteiger partial charge in [-0.1, -0.05) is 42.8 Å². The van der Waals surface area contributed by atoms with Crippen LogP contribution in [0.15, 0.2) is 64.8 Å². The molecule has 2 aromatic rings. The third kappa shape index (κ3) is 2.63. The standard InChI is InChI=1S/C28H26N4/c29-17-21(18-30)20-13-14-24-26(16-20)32-25-12-5-4-10-22(25)27(19-8-2-1-3-9-19)23-11-6-7-15-28(23,32)31-24/h1-3,8-9,13-14,16,23,27H,4-7,10-12,15H2/t23-,27-,28+/m1/s1. The predicted octanol–water partition coefficient (Wildman–Crippen LogP) is 4.84. The van der Waals surface area contributed by atoms with Crippen molar-refractivity contribution < 1.29 is 0 Å². The summed E-state index contributed by atoms with van der Waals surface area (Å²) in [4.78, 5) is 8.03. The molecule has 0 saturated heterocycles. The Labute approximate surface area is 188 Å². The summed E-state index contributed by atoms with van der Waals surface area (Å²) in [5.74, 6) is 0.877. The summed E-state index contributed by atoms with van der Waals surface area (Å²) in [5.41, 5.74) is 5.52. The van der Waals surface area contributed by atoms with E-state index >= 15 is 0 Å². The maximum Gasteiger partial charge on any atom is 0.140 e. The molecule has 0 amide bonds. The van der Waals surface area contributed by atoms with Gasteiger partial charge in [-0.2, -0.15) is 10.5 Å². The number of fused-ring (bicyclic) bond motifs is 3. The van der Waals surface area contributed by atoms with E-state index in [1.165, 1.54) is 43.4 Å². The lowest BCUT2D eigenvalue weighted by Crippen LogP contribution is -2.57. The van der Waals surface area contributed by atoms with Gasteiger partial charge in [0.25, 0.3) is 0 Å². The molecule has 1 saturated carbocycles. The Hall–Kier alpha value is -3.37. The van der Waals surface area contributed by atoms with Gasteiger partial charge in [-0.15, -0.1) is 0 Å². The molecular weight excluding hydrogens is 392 g/mol. The first-order chi connectivity index (χ1) is 15.8. The first-order valence-corrected chi connectivity index (χ1v) is 11.9. The molecule has 4 aliphatic rings. The second-order valence-electron chi connectivity index (χ2n) is 9.55. The molecule has 2 aromatic carbocycles. The maximum absolute atomic E-state index is 9.44. The minimum Gasteiger partial charge on any atom is -0.318 e. The van der Waals surface area contributed by atoms with Crippen molar-refractivity contribution in [1.82, 2.24) is 0 Å². The fraction of sp³-hybridized carbons (Fsp3) is 0.393. The number of hydrogen-bond donors (Lipinski definition) is 0. The lowest BCUT2D eigenvalue weighted by Gasteiger charge is -2.56. The Morgan fingerprint density at radius 3 is 2.59 bits per heavy atom. The van der Waals surface area contributed by atoms with Gasteiger partial charge >= 0.3 is 0 Å². The fourth-order valence-electron chi connectivity index (χ4n) is 6.81. The van der Waals surface area contributed by atoms with Crippen LogP contribution in [0.5, 0.6) is 0 Å². The van der Waals surface area contributed by atoms with E-state index in [2.05, 4.69) is 47.4 Å². The van der Waals surface area contributed by atoms with Gasteiger partial charge in [0.2, 0.25) is 0 Å². The molecule has 0 radical (unpaired) electrons. The van der Waals surface area contributed by atoms with Crippen molar-refractivity contribution in [2.75, 3.05) is 4.90 Å². The van der Waals surface area contributed by atoms with Gasteiger partial charge in [-0.05, 0) is 68.2 Å². The van der Waals surface area contributed by atoms with Gasteiger partial charge in [-0.3, -0.25) is 4.99 Å². The monoisotopic (exact) mass is 418 g/mol. The van der Waals surface area contributed by atoms with Crippen molar-refractivity contribution in [1.29, 1.82) is 10.5 Å². The summed E-state index contributed by atoms with van der Waals surface area (Å²) in [6, 6.07) is 21.2. The van der Waals surface area contributed by atoms with Gasteiger partial charge in [0, 0.05) is 22.8 Å². The van der Waals surface area contributed by atoms with Crippen molar-refractivity contribution in [3.05, 3.63) is 75.9 Å². The molecule has 2 heterocycles. The second-order valence-corrected chi connectivity index (χ2v) is 9.55. The lowest BCUT2D eigenvalue weighted by molar-refractivity contribution is 0.156. The third-order valence-electron chi connectivity index (χ3n) is 8.02. The van der Waals surface area contributed by atoms with Crippen LogP contribution in [0.1, 0.15) is 62.8 Å². The van der Waals surface area contributed by atoms with Crippen LogP contribution in [0.2, 0.25) is 0 Å². The molecular formula is C28H26N4. The van der Waals surface area contributed by atoms with E-state index in [0.29, 0.717) is 17.1 Å². The van der Waals surface area contributed by atoms with Crippen molar-refractivity contribution in [3.8, 4) is 12.1 Å². The van der Waals surface area contributed by atoms with Crippen LogP contribution in [0.4, 0.5) is 5.69 Å². The fourth-order valence-corrected chi connectivity index (χ4v) is 6.81. The highest BCUT2D eigenvalue weighted by atomic mass is 15.4. The van der Waals surface area contributed by atoms with E-state index in [-0.39, 0.29) is 11.2 Å². The van der Waals surface area contributed by atoms with Crippen LogP contribution < -0.4 is 15.5 Å². The second kappa shape index (κ2) is 7.35. The number of benzene rings is 2. The van der Waals surface area contributed by atoms with Crippen molar-refractivity contribution >= 4 is 11.3 Å². The molecule has 0 aromatic heterocycles. The van der Waals surface area contributed by atoms with Gasteiger partial charge in [0.1, 0.15) is 23.4 Å². The zero-order valence-electron chi connectivity index (χ0n) is 18.2. The molecule has 4 heteroatoms. The molecule has 158 valence electrons. The van der Waals surface area contributed by atoms with Crippen LogP contribution in [-0.4, -0.2) is 5.66 Å². The van der Waals surface area contributed by atoms with Gasteiger partial charge < -0.3 is 4.90 Å². The van der Waals surface area contributed by atoms with Crippen LogP contribution in [-0.2, 0) is 0 Å². The first-order valence-electron chi connectivity index (χ1n) is 11.9. The number of hydrogen-bond acceptors (Lipinski definition) is 4. The van der Waals surface area contributed by atoms with E-state index in [1.54, 1.807) is 5.57 Å². The van der Waals surface area contributed by atoms with Crippen LogP contribution >= 0.6 is 0 Å². The minimum absolute atomic E-state index is 0.172. The lowest BCUT2D eigenvalue weighted by atomic mass is 9.62. The van der Waals surface area contributed by atoms with Gasteiger partial charge in [0.15, 0.2) is 0 Å². The summed E-state index contributed by atoms with van der Waals surface area (Å²) in [6.07, 6.45) is 9.39. The molecule has 32 heavy (non-hydrogen) atoms. The van der Waals surface area contributed by atoms with E-state index in [1.807, 2.05) is 18.2 Å². The number of allylic oxidation sites excluding steroid dienone is 2. The van der Waals surface area contributed by atoms with E-state index < -0.39 is 0 Å². The van der Waals surface area contributed by atoms with Crippen LogP contribution in [0.25, 0.3) is 5.57 Å². The number of nitriles is 2. The molecule has 0 bridgehead atoms. The van der Waals surface area contributed by atoms with E-state index in [0.717, 1.165) is 30.3 Å². The Balaban J connectivity index is 1.63. The summed E-state index contributed by atoms with van der Waals surface area (Å²) in [6.45, 7) is 0. The highest BCUT2D eigenvalue weighted by molar-refractivity contribution is 5.74. The normalized spacial score (nSPS) is 27.8. The number of rotatable bonds is 1. The minimum atomic E-state index is -0.241. The molecule has 0 N–H and O–H groups in total. The Bertz CT molecular complexity index is 1310. The Kier molecular flexibility index (Phi) is 4.44. The van der Waals surface area contributed by atoms with E-state index in [9.17, 15) is 10.5 Å². The highest BCUT2D eigenvalue weighted by Crippen LogP contribution is 2.59. The van der Waals surface area contributed by atoms with Crippen LogP contribution in [0.3, 0.4) is 0 Å². The van der Waals surface area contributed by atoms with Crippen molar-refractivity contribution in [2.24, 2.45) is 10.9 Å². The summed E-state index contributed by atoms with van der Waals surface area (Å²) in [7, 11) is 0. The molecule has 1 fully saturated rings. The largest absolute Gasteiger partial charge is 0.318 e. The molecule has 3 atom stereocenters. The van der Waals surface area contributed by atoms with Crippen molar-refractivity contribution in [3.63, 3.8) is 0 Å². The van der Waals surface area contributed by atoms with Crippen molar-refractivity contribution in [2.45, 2.75) is 62.9 Å². The zero-order chi connectivity index (χ0) is 21.7. The topological polar surface area (TPSA) is 63.2 Å². The molecule has 6 rings (SSSR count). The molecule has 2 aliphatic heterocycles. The molecule has 0 unspecified atom stereocenters. The van der Waals surface area contributed by atoms with Gasteiger partial charge in [-0.25, -0.2) is 0 Å².